The van der Waals surface area contributed by atoms with Gasteiger partial charge in [-0.25, -0.2) is 8.42 Å². The van der Waals surface area contributed by atoms with Gasteiger partial charge in [-0.1, -0.05) is 0 Å². The van der Waals surface area contributed by atoms with E-state index in [1.54, 1.807) is 6.07 Å². The van der Waals surface area contributed by atoms with Gasteiger partial charge in [-0.05, 0) is 86.3 Å². The minimum atomic E-state index is -5.90. The summed E-state index contributed by atoms with van der Waals surface area (Å²) in [5.74, 6) is -1.34. The first-order valence-corrected chi connectivity index (χ1v) is 11.8. The number of carbonyl (C=O) groups excluding carboxylic acids is 2. The third kappa shape index (κ3) is 7.46. The molecule has 27 heavy (non-hydrogen) atoms. The van der Waals surface area contributed by atoms with Crippen molar-refractivity contribution in [2.75, 3.05) is 20.2 Å². The number of alkyl halides is 2. The van der Waals surface area contributed by atoms with Crippen molar-refractivity contribution >= 4 is 89.8 Å². The predicted octanol–water partition coefficient (Wildman–Crippen LogP) is 3.03. The third-order valence-corrected chi connectivity index (χ3v) is 7.73. The Hall–Kier alpha value is 0.120. The van der Waals surface area contributed by atoms with Gasteiger partial charge in [-0.3, -0.25) is 9.59 Å². The average molecular weight is 742 g/mol. The van der Waals surface area contributed by atoms with Gasteiger partial charge in [0.1, 0.15) is 0 Å². The molecule has 1 aromatic rings. The predicted molar refractivity (Wildman–Crippen MR) is 116 cm³/mol. The Morgan fingerprint density at radius 1 is 1.26 bits per heavy atom. The molecular formula is C14H13F2I3NO6S-. The molecule has 7 nitrogen and oxygen atoms in total. The van der Waals surface area contributed by atoms with E-state index in [0.717, 1.165) is 10.7 Å². The Morgan fingerprint density at radius 3 is 2.41 bits per heavy atom. The number of carbonyl (C=O) groups is 2. The van der Waals surface area contributed by atoms with Crippen molar-refractivity contribution in [1.29, 1.82) is 0 Å². The molecule has 0 bridgehead atoms. The minimum absolute atomic E-state index is 0.119. The maximum atomic E-state index is 12.9. The number of benzene rings is 1. The fourth-order valence-electron chi connectivity index (χ4n) is 1.79. The monoisotopic (exact) mass is 742 g/mol. The van der Waals surface area contributed by atoms with Gasteiger partial charge >= 0.3 is 11.2 Å². The Labute approximate surface area is 195 Å². The highest BCUT2D eigenvalue weighted by atomic mass is 127. The van der Waals surface area contributed by atoms with Gasteiger partial charge in [0.2, 0.25) is 0 Å². The highest BCUT2D eigenvalue weighted by molar-refractivity contribution is 14.1. The smallest absolute Gasteiger partial charge is 0.367 e. The van der Waals surface area contributed by atoms with Crippen LogP contribution in [-0.2, 0) is 19.6 Å². The maximum Gasteiger partial charge on any atom is 0.367 e. The van der Waals surface area contributed by atoms with E-state index in [2.05, 4.69) is 72.5 Å². The fraction of sp³-hybridized carbons (Fsp3) is 0.429. The summed E-state index contributed by atoms with van der Waals surface area (Å²) in [6.07, 6.45) is -0.193. The molecule has 0 fully saturated rings. The molecule has 0 radical (unpaired) electrons. The minimum Gasteiger partial charge on any atom is -0.743 e. The normalized spacial score (nSPS) is 12.0. The van der Waals surface area contributed by atoms with Crippen LogP contribution < -0.4 is 0 Å². The second-order valence-corrected chi connectivity index (χ2v) is 10.3. The molecule has 0 N–H and O–H groups in total. The molecule has 0 heterocycles. The Bertz CT molecular complexity index is 834. The van der Waals surface area contributed by atoms with Gasteiger partial charge in [0.05, 0.1) is 5.56 Å². The van der Waals surface area contributed by atoms with Crippen LogP contribution in [0.4, 0.5) is 8.78 Å². The van der Waals surface area contributed by atoms with Crippen molar-refractivity contribution in [3.05, 3.63) is 28.4 Å². The lowest BCUT2D eigenvalue weighted by atomic mass is 10.2. The van der Waals surface area contributed by atoms with Crippen LogP contribution >= 0.6 is 67.8 Å². The van der Waals surface area contributed by atoms with E-state index in [0.29, 0.717) is 5.56 Å². The van der Waals surface area contributed by atoms with E-state index in [1.807, 2.05) is 6.07 Å². The SMILES string of the molecule is CN(CCCC(=O)OCC(F)(F)S(=O)(=O)[O-])C(=O)c1cc(I)cc(I)c1I. The number of esters is 1. The molecular weight excluding hydrogens is 729 g/mol. The average Bonchev–Trinajstić information content (AvgIpc) is 2.54. The van der Waals surface area contributed by atoms with Crippen molar-refractivity contribution in [1.82, 2.24) is 4.90 Å². The van der Waals surface area contributed by atoms with E-state index in [1.165, 1.54) is 11.9 Å². The summed E-state index contributed by atoms with van der Waals surface area (Å²) in [5.41, 5.74) is 0.511. The molecule has 0 aliphatic rings. The number of halogens is 5. The molecule has 0 atom stereocenters. The van der Waals surface area contributed by atoms with Crippen molar-refractivity contribution in [3.8, 4) is 0 Å². The van der Waals surface area contributed by atoms with Crippen LogP contribution in [0.25, 0.3) is 0 Å². The second kappa shape index (κ2) is 10.2. The topological polar surface area (TPSA) is 104 Å². The quantitative estimate of drug-likeness (QED) is 0.176. The first-order valence-electron chi connectivity index (χ1n) is 7.15. The van der Waals surface area contributed by atoms with Crippen molar-refractivity contribution < 1.29 is 36.1 Å². The molecule has 1 rings (SSSR count). The van der Waals surface area contributed by atoms with Crippen LogP contribution in [0, 0.1) is 10.7 Å². The zero-order valence-electron chi connectivity index (χ0n) is 13.7. The van der Waals surface area contributed by atoms with Crippen LogP contribution in [0.3, 0.4) is 0 Å². The zero-order chi connectivity index (χ0) is 21.0. The lowest BCUT2D eigenvalue weighted by Gasteiger charge is -2.20. The maximum absolute atomic E-state index is 12.9. The molecule has 0 aliphatic heterocycles. The van der Waals surface area contributed by atoms with E-state index < -0.39 is 27.9 Å². The molecule has 0 aliphatic carbocycles. The number of ether oxygens (including phenoxy) is 1. The van der Waals surface area contributed by atoms with Gasteiger partial charge in [0.25, 0.3) is 5.91 Å². The highest BCUT2D eigenvalue weighted by Crippen LogP contribution is 2.24. The standard InChI is InChI=1S/C14H14F2I3NO6S/c1-20(13(22)9-5-8(17)6-10(18)12(9)19)4-2-3-11(21)26-7-14(15,16)27(23,24)25/h5-6H,2-4,7H2,1H3,(H,23,24,25)/p-1. The van der Waals surface area contributed by atoms with Crippen molar-refractivity contribution in [2.45, 2.75) is 18.1 Å². The number of hydrogen-bond acceptors (Lipinski definition) is 6. The van der Waals surface area contributed by atoms with Crippen LogP contribution in [0.2, 0.25) is 0 Å². The molecule has 152 valence electrons. The Kier molecular flexibility index (Phi) is 9.54. The van der Waals surface area contributed by atoms with E-state index >= 15 is 0 Å². The number of rotatable bonds is 8. The first-order chi connectivity index (χ1) is 12.3. The molecule has 13 heteroatoms. The highest BCUT2D eigenvalue weighted by Gasteiger charge is 2.39. The van der Waals surface area contributed by atoms with Gasteiger partial charge in [-0.2, -0.15) is 8.78 Å². The summed E-state index contributed by atoms with van der Waals surface area (Å²) in [6, 6.07) is 3.66. The van der Waals surface area contributed by atoms with Crippen molar-refractivity contribution in [3.63, 3.8) is 0 Å². The lowest BCUT2D eigenvalue weighted by molar-refractivity contribution is -0.149. The zero-order valence-corrected chi connectivity index (χ0v) is 21.0. The molecule has 0 saturated heterocycles. The fourth-order valence-corrected chi connectivity index (χ4v) is 4.38. The molecule has 0 spiro atoms. The Morgan fingerprint density at radius 2 is 1.85 bits per heavy atom. The second-order valence-electron chi connectivity index (χ2n) is 5.33. The van der Waals surface area contributed by atoms with E-state index in [9.17, 15) is 31.3 Å². The summed E-state index contributed by atoms with van der Waals surface area (Å²) in [7, 11) is -4.36. The van der Waals surface area contributed by atoms with Gasteiger partial charge < -0.3 is 14.2 Å². The summed E-state index contributed by atoms with van der Waals surface area (Å²) in [5, 5.41) is -4.67. The summed E-state index contributed by atoms with van der Waals surface area (Å²) < 4.78 is 63.5. The largest absolute Gasteiger partial charge is 0.743 e. The Balaban J connectivity index is 2.55. The van der Waals surface area contributed by atoms with Crippen LogP contribution in [0.15, 0.2) is 12.1 Å². The molecule has 0 aromatic heterocycles. The summed E-state index contributed by atoms with van der Waals surface area (Å²) >= 11 is 6.28. The molecule has 1 amide bonds. The summed E-state index contributed by atoms with van der Waals surface area (Å²) in [6.45, 7) is -1.67. The van der Waals surface area contributed by atoms with Crippen molar-refractivity contribution in [2.24, 2.45) is 0 Å². The number of hydrogen-bond donors (Lipinski definition) is 0. The third-order valence-electron chi connectivity index (χ3n) is 3.21. The van der Waals surface area contributed by atoms with Crippen LogP contribution in [0.1, 0.15) is 23.2 Å². The van der Waals surface area contributed by atoms with Crippen LogP contribution in [-0.4, -0.2) is 55.2 Å². The number of amides is 1. The van der Waals surface area contributed by atoms with Gasteiger partial charge in [0.15, 0.2) is 16.7 Å². The van der Waals surface area contributed by atoms with Gasteiger partial charge in [0, 0.05) is 30.7 Å². The lowest BCUT2D eigenvalue weighted by Crippen LogP contribution is -2.35. The van der Waals surface area contributed by atoms with Crippen LogP contribution in [0.5, 0.6) is 0 Å². The number of nitrogens with zero attached hydrogens (tertiary/aromatic N) is 1. The van der Waals surface area contributed by atoms with E-state index in [4.69, 9.17) is 0 Å². The molecule has 0 saturated carbocycles. The first kappa shape index (κ1) is 25.2. The van der Waals surface area contributed by atoms with E-state index in [-0.39, 0.29) is 25.3 Å². The summed E-state index contributed by atoms with van der Waals surface area (Å²) in [4.78, 5) is 25.3. The molecule has 1 aromatic carbocycles. The van der Waals surface area contributed by atoms with Gasteiger partial charge in [-0.15, -0.1) is 0 Å². The molecule has 0 unspecified atom stereocenters.